The lowest BCUT2D eigenvalue weighted by Gasteiger charge is -2.24. The number of ketones is 1. The highest BCUT2D eigenvalue weighted by atomic mass is 16.2. The Labute approximate surface area is 114 Å². The summed E-state index contributed by atoms with van der Waals surface area (Å²) in [6.45, 7) is 8.90. The molecule has 3 heteroatoms. The van der Waals surface area contributed by atoms with Crippen LogP contribution in [0.1, 0.15) is 48.2 Å². The van der Waals surface area contributed by atoms with Gasteiger partial charge in [-0.15, -0.1) is 0 Å². The van der Waals surface area contributed by atoms with Crippen LogP contribution in [0.15, 0.2) is 12.1 Å². The number of carbonyl (C=O) groups excluding carboxylic acids is 2. The van der Waals surface area contributed by atoms with Gasteiger partial charge in [0.25, 0.3) is 11.7 Å². The van der Waals surface area contributed by atoms with E-state index in [9.17, 15) is 9.59 Å². The number of anilines is 1. The molecule has 0 aliphatic carbocycles. The first kappa shape index (κ1) is 13.8. The van der Waals surface area contributed by atoms with E-state index in [0.29, 0.717) is 18.0 Å². The Hall–Kier alpha value is -1.64. The van der Waals surface area contributed by atoms with Gasteiger partial charge in [-0.3, -0.25) is 9.59 Å². The molecule has 1 aromatic rings. The fourth-order valence-corrected chi connectivity index (χ4v) is 2.65. The van der Waals surface area contributed by atoms with Crippen LogP contribution in [0.4, 0.5) is 5.69 Å². The van der Waals surface area contributed by atoms with Crippen LogP contribution in [0.3, 0.4) is 0 Å². The normalized spacial score (nSPS) is 14.5. The Morgan fingerprint density at radius 1 is 1.11 bits per heavy atom. The van der Waals surface area contributed by atoms with Gasteiger partial charge in [0.2, 0.25) is 0 Å². The van der Waals surface area contributed by atoms with Crippen LogP contribution >= 0.6 is 0 Å². The first-order valence-electron chi connectivity index (χ1n) is 6.97. The third-order valence-electron chi connectivity index (χ3n) is 4.25. The SMILES string of the molecule is CCC(CC)CN1C(=O)C(=O)c2ccc(C)c(C)c21. The smallest absolute Gasteiger partial charge is 0.299 e. The Bertz CT molecular complexity index is 530. The van der Waals surface area contributed by atoms with E-state index in [-0.39, 0.29) is 11.7 Å². The minimum atomic E-state index is -0.365. The van der Waals surface area contributed by atoms with Gasteiger partial charge in [-0.1, -0.05) is 32.8 Å². The first-order chi connectivity index (χ1) is 9.01. The first-order valence-corrected chi connectivity index (χ1v) is 6.97. The number of aryl methyl sites for hydroxylation is 1. The molecule has 0 saturated carbocycles. The molecule has 0 atom stereocenters. The van der Waals surface area contributed by atoms with Crippen LogP contribution in [0.2, 0.25) is 0 Å². The lowest BCUT2D eigenvalue weighted by Crippen LogP contribution is -2.34. The van der Waals surface area contributed by atoms with Gasteiger partial charge in [0, 0.05) is 6.54 Å². The van der Waals surface area contributed by atoms with Crippen LogP contribution in [-0.4, -0.2) is 18.2 Å². The molecule has 0 bridgehead atoms. The number of fused-ring (bicyclic) bond motifs is 1. The number of benzene rings is 1. The maximum atomic E-state index is 12.2. The van der Waals surface area contributed by atoms with E-state index >= 15 is 0 Å². The van der Waals surface area contributed by atoms with E-state index in [4.69, 9.17) is 0 Å². The second-order valence-electron chi connectivity index (χ2n) is 5.33. The predicted octanol–water partition coefficient (Wildman–Crippen LogP) is 3.27. The minimum Gasteiger partial charge on any atom is -0.304 e. The number of carbonyl (C=O) groups is 2. The van der Waals surface area contributed by atoms with Crippen LogP contribution in [0.25, 0.3) is 0 Å². The van der Waals surface area contributed by atoms with Crippen LogP contribution in [0.5, 0.6) is 0 Å². The van der Waals surface area contributed by atoms with Crippen LogP contribution < -0.4 is 4.90 Å². The number of nitrogens with zero attached hydrogens (tertiary/aromatic N) is 1. The van der Waals surface area contributed by atoms with E-state index in [1.54, 1.807) is 11.0 Å². The topological polar surface area (TPSA) is 37.4 Å². The molecule has 0 saturated heterocycles. The van der Waals surface area contributed by atoms with Gasteiger partial charge < -0.3 is 4.90 Å². The summed E-state index contributed by atoms with van der Waals surface area (Å²) in [5.74, 6) is -0.276. The molecule has 1 aliphatic heterocycles. The zero-order valence-corrected chi connectivity index (χ0v) is 12.1. The van der Waals surface area contributed by atoms with E-state index in [2.05, 4.69) is 13.8 Å². The van der Waals surface area contributed by atoms with E-state index in [1.807, 2.05) is 19.9 Å². The largest absolute Gasteiger partial charge is 0.304 e. The summed E-state index contributed by atoms with van der Waals surface area (Å²) >= 11 is 0. The van der Waals surface area contributed by atoms with Crippen molar-refractivity contribution in [1.29, 1.82) is 0 Å². The summed E-state index contributed by atoms with van der Waals surface area (Å²) in [6.07, 6.45) is 2.04. The quantitative estimate of drug-likeness (QED) is 0.778. The highest BCUT2D eigenvalue weighted by Crippen LogP contribution is 2.35. The van der Waals surface area contributed by atoms with E-state index in [1.165, 1.54) is 0 Å². The minimum absolute atomic E-state index is 0.357. The van der Waals surface area contributed by atoms with E-state index in [0.717, 1.165) is 29.7 Å². The standard InChI is InChI=1S/C16H21NO2/c1-5-12(6-2)9-17-14-11(4)10(3)7-8-13(14)15(18)16(17)19/h7-8,12H,5-6,9H2,1-4H3. The van der Waals surface area contributed by atoms with Gasteiger partial charge in [-0.05, 0) is 37.0 Å². The van der Waals surface area contributed by atoms with Crippen molar-refractivity contribution in [2.75, 3.05) is 11.4 Å². The zero-order chi connectivity index (χ0) is 14.2. The number of rotatable bonds is 4. The molecule has 19 heavy (non-hydrogen) atoms. The molecule has 1 aliphatic rings. The lowest BCUT2D eigenvalue weighted by atomic mass is 10.0. The van der Waals surface area contributed by atoms with Gasteiger partial charge >= 0.3 is 0 Å². The van der Waals surface area contributed by atoms with Gasteiger partial charge in [0.1, 0.15) is 0 Å². The fourth-order valence-electron chi connectivity index (χ4n) is 2.65. The van der Waals surface area contributed by atoms with Crippen molar-refractivity contribution < 1.29 is 9.59 Å². The van der Waals surface area contributed by atoms with Crippen molar-refractivity contribution in [3.05, 3.63) is 28.8 Å². The molecule has 0 unspecified atom stereocenters. The lowest BCUT2D eigenvalue weighted by molar-refractivity contribution is -0.114. The molecular weight excluding hydrogens is 238 g/mol. The third-order valence-corrected chi connectivity index (χ3v) is 4.25. The molecule has 1 amide bonds. The molecule has 2 rings (SSSR count). The van der Waals surface area contributed by atoms with Crippen LogP contribution in [0, 0.1) is 19.8 Å². The Morgan fingerprint density at radius 3 is 2.32 bits per heavy atom. The number of Topliss-reactive ketones (excluding diaryl/α,β-unsaturated/α-hetero) is 1. The third kappa shape index (κ3) is 2.18. The summed E-state index contributed by atoms with van der Waals surface area (Å²) in [4.78, 5) is 25.9. The summed E-state index contributed by atoms with van der Waals surface area (Å²) in [7, 11) is 0. The average molecular weight is 259 g/mol. The van der Waals surface area contributed by atoms with Crippen molar-refractivity contribution in [3.63, 3.8) is 0 Å². The number of amides is 1. The van der Waals surface area contributed by atoms with Gasteiger partial charge in [0.05, 0.1) is 11.3 Å². The molecule has 0 radical (unpaired) electrons. The summed E-state index contributed by atoms with van der Waals surface area (Å²) in [5.41, 5.74) is 3.57. The highest BCUT2D eigenvalue weighted by Gasteiger charge is 2.37. The molecule has 0 fully saturated rings. The number of hydrogen-bond donors (Lipinski definition) is 0. The molecular formula is C16H21NO2. The molecule has 0 N–H and O–H groups in total. The molecule has 0 spiro atoms. The monoisotopic (exact) mass is 259 g/mol. The molecule has 3 nitrogen and oxygen atoms in total. The maximum Gasteiger partial charge on any atom is 0.299 e. The summed E-state index contributed by atoms with van der Waals surface area (Å²) < 4.78 is 0. The summed E-state index contributed by atoms with van der Waals surface area (Å²) in [5, 5.41) is 0. The highest BCUT2D eigenvalue weighted by molar-refractivity contribution is 6.52. The molecule has 0 aromatic heterocycles. The second kappa shape index (κ2) is 5.16. The molecule has 102 valence electrons. The Morgan fingerprint density at radius 2 is 1.74 bits per heavy atom. The van der Waals surface area contributed by atoms with Crippen molar-refractivity contribution in [1.82, 2.24) is 0 Å². The second-order valence-corrected chi connectivity index (χ2v) is 5.33. The molecule has 1 aromatic carbocycles. The van der Waals surface area contributed by atoms with E-state index < -0.39 is 0 Å². The Balaban J connectivity index is 2.45. The predicted molar refractivity (Wildman–Crippen MR) is 76.7 cm³/mol. The van der Waals surface area contributed by atoms with Gasteiger partial charge in [-0.2, -0.15) is 0 Å². The Kier molecular flexibility index (Phi) is 3.74. The molecule has 1 heterocycles. The fraction of sp³-hybridized carbons (Fsp3) is 0.500. The van der Waals surface area contributed by atoms with Crippen molar-refractivity contribution >= 4 is 17.4 Å². The van der Waals surface area contributed by atoms with Crippen molar-refractivity contribution in [2.45, 2.75) is 40.5 Å². The summed E-state index contributed by atoms with van der Waals surface area (Å²) in [6, 6.07) is 3.70. The van der Waals surface area contributed by atoms with Gasteiger partial charge in [0.15, 0.2) is 0 Å². The van der Waals surface area contributed by atoms with Crippen molar-refractivity contribution in [2.24, 2.45) is 5.92 Å². The van der Waals surface area contributed by atoms with Crippen molar-refractivity contribution in [3.8, 4) is 0 Å². The maximum absolute atomic E-state index is 12.2. The number of hydrogen-bond acceptors (Lipinski definition) is 2. The average Bonchev–Trinajstić information content (AvgIpc) is 2.65. The van der Waals surface area contributed by atoms with Gasteiger partial charge in [-0.25, -0.2) is 0 Å². The zero-order valence-electron chi connectivity index (χ0n) is 12.1. The van der Waals surface area contributed by atoms with Crippen LogP contribution in [-0.2, 0) is 4.79 Å².